The molecule has 36 heavy (non-hydrogen) atoms. The van der Waals surface area contributed by atoms with Crippen molar-refractivity contribution in [2.45, 2.75) is 138 Å². The SMILES string of the molecule is Cc1cc(C(C)(C)C)c(OP=Pc2c(C(C)(C)C)cc(C(C)(C)C)cc2C(C)(C)C)c(C(C)(C)C)c1. The van der Waals surface area contributed by atoms with E-state index in [2.05, 4.69) is 135 Å². The van der Waals surface area contributed by atoms with E-state index in [0.717, 1.165) is 13.8 Å². The lowest BCUT2D eigenvalue weighted by Gasteiger charge is -2.32. The second-order valence-corrected chi connectivity index (χ2v) is 17.7. The Hall–Kier alpha value is -1.16. The van der Waals surface area contributed by atoms with Crippen LogP contribution in [-0.4, -0.2) is 0 Å². The van der Waals surface area contributed by atoms with E-state index in [4.69, 9.17) is 4.52 Å². The van der Waals surface area contributed by atoms with Crippen molar-refractivity contribution >= 4 is 21.3 Å². The average Bonchev–Trinajstić information content (AvgIpc) is 2.64. The van der Waals surface area contributed by atoms with Crippen LogP contribution in [0.3, 0.4) is 0 Å². The average molecular weight is 527 g/mol. The Morgan fingerprint density at radius 3 is 1.17 bits per heavy atom. The summed E-state index contributed by atoms with van der Waals surface area (Å²) in [4.78, 5) is 0. The minimum Gasteiger partial charge on any atom is -0.434 e. The highest BCUT2D eigenvalue weighted by atomic mass is 31.7. The third-order valence-electron chi connectivity index (χ3n) is 6.71. The molecule has 0 amide bonds. The molecule has 0 aliphatic rings. The van der Waals surface area contributed by atoms with Crippen molar-refractivity contribution < 1.29 is 4.52 Å². The summed E-state index contributed by atoms with van der Waals surface area (Å²) >= 11 is 0. The molecular weight excluding hydrogens is 474 g/mol. The normalized spacial score (nSPS) is 14.0. The molecule has 2 aromatic rings. The van der Waals surface area contributed by atoms with Gasteiger partial charge in [0.25, 0.3) is 0 Å². The van der Waals surface area contributed by atoms with Gasteiger partial charge in [-0.1, -0.05) is 134 Å². The summed E-state index contributed by atoms with van der Waals surface area (Å²) in [6, 6.07) is 9.55. The first-order valence-corrected chi connectivity index (χ1v) is 15.8. The number of rotatable bonds is 3. The molecule has 2 rings (SSSR count). The predicted octanol–water partition coefficient (Wildman–Crippen LogP) is 10.9. The minimum absolute atomic E-state index is 0.00919. The lowest BCUT2D eigenvalue weighted by atomic mass is 9.75. The molecule has 0 atom stereocenters. The Kier molecular flexibility index (Phi) is 8.79. The summed E-state index contributed by atoms with van der Waals surface area (Å²) in [6.45, 7) is 36.9. The highest BCUT2D eigenvalue weighted by molar-refractivity contribution is 7.85. The third-order valence-corrected chi connectivity index (χ3v) is 8.83. The monoisotopic (exact) mass is 526 g/mol. The van der Waals surface area contributed by atoms with E-state index in [9.17, 15) is 0 Å². The molecule has 0 heterocycles. The highest BCUT2D eigenvalue weighted by Crippen LogP contribution is 2.44. The summed E-state index contributed by atoms with van der Waals surface area (Å²) in [5.74, 6) is 1.07. The molecule has 0 aromatic heterocycles. The molecule has 0 radical (unpaired) electrons. The quantitative estimate of drug-likeness (QED) is 0.361. The maximum atomic E-state index is 6.77. The molecule has 0 unspecified atom stereocenters. The first-order valence-electron chi connectivity index (χ1n) is 13.4. The van der Waals surface area contributed by atoms with Gasteiger partial charge in [-0.05, 0) is 50.7 Å². The van der Waals surface area contributed by atoms with Gasteiger partial charge in [0.15, 0.2) is 8.09 Å². The summed E-state index contributed by atoms with van der Waals surface area (Å²) in [5.41, 5.74) is 8.41. The Morgan fingerprint density at radius 2 is 0.861 bits per heavy atom. The van der Waals surface area contributed by atoms with Gasteiger partial charge in [0, 0.05) is 24.3 Å². The molecule has 0 aliphatic carbocycles. The zero-order valence-corrected chi connectivity index (χ0v) is 27.9. The van der Waals surface area contributed by atoms with E-state index in [1.165, 1.54) is 46.6 Å². The molecule has 0 bridgehead atoms. The van der Waals surface area contributed by atoms with Gasteiger partial charge in [0.1, 0.15) is 5.75 Å². The molecule has 2 aromatic carbocycles. The van der Waals surface area contributed by atoms with E-state index in [-0.39, 0.29) is 27.1 Å². The second-order valence-electron chi connectivity index (χ2n) is 15.6. The topological polar surface area (TPSA) is 9.23 Å². The number of hydrogen-bond acceptors (Lipinski definition) is 1. The van der Waals surface area contributed by atoms with Crippen LogP contribution in [0.25, 0.3) is 0 Å². The number of benzene rings is 2. The van der Waals surface area contributed by atoms with Crippen molar-refractivity contribution in [1.82, 2.24) is 0 Å². The van der Waals surface area contributed by atoms with Crippen LogP contribution in [0.1, 0.15) is 137 Å². The van der Waals surface area contributed by atoms with Gasteiger partial charge in [-0.3, -0.25) is 0 Å². The molecule has 0 saturated carbocycles. The minimum atomic E-state index is 0.00919. The second kappa shape index (κ2) is 10.2. The maximum absolute atomic E-state index is 6.77. The van der Waals surface area contributed by atoms with E-state index >= 15 is 0 Å². The van der Waals surface area contributed by atoms with Gasteiger partial charge in [0.05, 0.1) is 0 Å². The molecule has 200 valence electrons. The fourth-order valence-corrected chi connectivity index (χ4v) is 7.08. The van der Waals surface area contributed by atoms with Gasteiger partial charge in [-0.2, -0.15) is 0 Å². The van der Waals surface area contributed by atoms with Gasteiger partial charge >= 0.3 is 0 Å². The van der Waals surface area contributed by atoms with E-state index in [1.54, 1.807) is 0 Å². The van der Waals surface area contributed by atoms with Crippen LogP contribution in [0, 0.1) is 6.92 Å². The predicted molar refractivity (Wildman–Crippen MR) is 165 cm³/mol. The van der Waals surface area contributed by atoms with Crippen molar-refractivity contribution in [2.75, 3.05) is 0 Å². The summed E-state index contributed by atoms with van der Waals surface area (Å²) < 4.78 is 6.77. The largest absolute Gasteiger partial charge is 0.434 e. The molecule has 1 nitrogen and oxygen atoms in total. The molecule has 0 saturated heterocycles. The molecule has 0 fully saturated rings. The maximum Gasteiger partial charge on any atom is 0.157 e. The van der Waals surface area contributed by atoms with Crippen molar-refractivity contribution in [3.8, 4) is 5.75 Å². The van der Waals surface area contributed by atoms with Crippen LogP contribution < -0.4 is 9.83 Å². The van der Waals surface area contributed by atoms with Gasteiger partial charge in [0.2, 0.25) is 0 Å². The molecular formula is C33H52OP2. The van der Waals surface area contributed by atoms with Crippen LogP contribution in [0.4, 0.5) is 0 Å². The molecule has 3 heteroatoms. The summed E-state index contributed by atoms with van der Waals surface area (Å²) in [6.07, 6.45) is 0. The van der Waals surface area contributed by atoms with Crippen molar-refractivity contribution in [1.29, 1.82) is 0 Å². The summed E-state index contributed by atoms with van der Waals surface area (Å²) in [5, 5.41) is 1.42. The Morgan fingerprint density at radius 1 is 0.500 bits per heavy atom. The van der Waals surface area contributed by atoms with Crippen molar-refractivity contribution in [3.63, 3.8) is 0 Å². The van der Waals surface area contributed by atoms with E-state index in [1.807, 2.05) is 0 Å². The van der Waals surface area contributed by atoms with Crippen LogP contribution in [0.5, 0.6) is 5.75 Å². The molecule has 0 spiro atoms. The van der Waals surface area contributed by atoms with Crippen LogP contribution >= 0.6 is 16.0 Å². The van der Waals surface area contributed by atoms with Crippen molar-refractivity contribution in [2.24, 2.45) is 0 Å². The fraction of sp³-hybridized carbons (Fsp3) is 0.636. The van der Waals surface area contributed by atoms with Crippen LogP contribution in [0.15, 0.2) is 24.3 Å². The summed E-state index contributed by atoms with van der Waals surface area (Å²) in [7, 11) is 2.15. The van der Waals surface area contributed by atoms with Crippen molar-refractivity contribution in [3.05, 3.63) is 57.6 Å². The Labute approximate surface area is 226 Å². The van der Waals surface area contributed by atoms with E-state index < -0.39 is 0 Å². The van der Waals surface area contributed by atoms with Crippen LogP contribution in [0.2, 0.25) is 0 Å². The van der Waals surface area contributed by atoms with Gasteiger partial charge < -0.3 is 4.52 Å². The van der Waals surface area contributed by atoms with Crippen LogP contribution in [-0.2, 0) is 27.1 Å². The first-order chi connectivity index (χ1) is 15.9. The Balaban J connectivity index is 2.79. The first kappa shape index (κ1) is 31.1. The zero-order chi connectivity index (χ0) is 28.1. The lowest BCUT2D eigenvalue weighted by Crippen LogP contribution is -2.29. The Bertz CT molecular complexity index is 1050. The number of hydrogen-bond donors (Lipinski definition) is 0. The van der Waals surface area contributed by atoms with Gasteiger partial charge in [-0.25, -0.2) is 0 Å². The van der Waals surface area contributed by atoms with E-state index in [0.29, 0.717) is 0 Å². The fourth-order valence-electron chi connectivity index (χ4n) is 4.41. The smallest absolute Gasteiger partial charge is 0.157 e. The zero-order valence-electron chi connectivity index (χ0n) is 26.1. The standard InChI is InChI=1S/C33H52OP2/c1-21-17-23(30(5,6)7)27(24(18-21)31(8,9)10)34-36-35-28-25(32(11,12)13)19-22(29(2,3)4)20-26(28)33(14,15)16/h17-20H,1-16H3. The highest BCUT2D eigenvalue weighted by Gasteiger charge is 2.30. The molecule has 0 aliphatic heterocycles. The number of aryl methyl sites for hydroxylation is 1. The third kappa shape index (κ3) is 7.45. The van der Waals surface area contributed by atoms with Gasteiger partial charge in [-0.15, -0.1) is 0 Å². The molecule has 0 N–H and O–H groups in total. The lowest BCUT2D eigenvalue weighted by molar-refractivity contribution is 0.509.